The summed E-state index contributed by atoms with van der Waals surface area (Å²) in [6.07, 6.45) is 24.5. The summed E-state index contributed by atoms with van der Waals surface area (Å²) in [4.78, 5) is 2.08. The van der Waals surface area contributed by atoms with Crippen LogP contribution in [0.4, 0.5) is 0 Å². The quantitative estimate of drug-likeness (QED) is 0.0981. The first-order valence-electron chi connectivity index (χ1n) is 11.9. The monoisotopic (exact) mass is 453 g/mol. The predicted octanol–water partition coefficient (Wildman–Crippen LogP) is 6.14. The number of nitrogens with zero attached hydrogens (tertiary/aromatic N) is 1. The van der Waals surface area contributed by atoms with E-state index >= 15 is 0 Å². The zero-order valence-corrected chi connectivity index (χ0v) is 20.0. The van der Waals surface area contributed by atoms with E-state index in [1.54, 1.807) is 0 Å². The van der Waals surface area contributed by atoms with Crippen LogP contribution >= 0.6 is 0 Å². The number of allylic oxidation sites excluding steroid dienone is 2. The number of hydrogen-bond acceptors (Lipinski definition) is 3. The van der Waals surface area contributed by atoms with E-state index in [0.29, 0.717) is 6.54 Å². The van der Waals surface area contributed by atoms with Crippen molar-refractivity contribution in [3.05, 3.63) is 24.8 Å². The van der Waals surface area contributed by atoms with Crippen molar-refractivity contribution >= 4 is 39.7 Å². The molecule has 0 aliphatic rings. The van der Waals surface area contributed by atoms with Crippen LogP contribution in [0.2, 0.25) is 0 Å². The van der Waals surface area contributed by atoms with Gasteiger partial charge in [0.2, 0.25) is 0 Å². The Kier molecular flexibility index (Phi) is 24.4. The van der Waals surface area contributed by atoms with Gasteiger partial charge in [0.15, 0.2) is 0 Å². The Labute approximate surface area is 210 Å². The molecular formula is C24H48NNaO3S. The molecule has 0 radical (unpaired) electrons. The van der Waals surface area contributed by atoms with Gasteiger partial charge in [-0.15, -0.1) is 6.58 Å². The van der Waals surface area contributed by atoms with Crippen LogP contribution in [0, 0.1) is 0 Å². The molecule has 0 bridgehead atoms. The summed E-state index contributed by atoms with van der Waals surface area (Å²) in [6, 6.07) is 0.125. The molecule has 0 aliphatic heterocycles. The standard InChI is InChI=1S/C24H47NO3S.Na.H/c1-4-6-7-8-9-10-11-12-13-14-15-16-17-18-19-20-21-25(24(3)5-2)22-23-29(26,27)28;;/h5,12-13,24H,2,4,6-11,14-23H2,1,3H3,(H,26,27,28);;/b13-12-;;. The van der Waals surface area contributed by atoms with Crippen LogP contribution in [0.1, 0.15) is 104 Å². The molecule has 0 amide bonds. The molecule has 0 aliphatic carbocycles. The Morgan fingerprint density at radius 1 is 0.833 bits per heavy atom. The van der Waals surface area contributed by atoms with Crippen LogP contribution < -0.4 is 0 Å². The van der Waals surface area contributed by atoms with Gasteiger partial charge in [0.25, 0.3) is 10.1 Å². The molecule has 0 aromatic carbocycles. The van der Waals surface area contributed by atoms with E-state index in [2.05, 4.69) is 30.6 Å². The van der Waals surface area contributed by atoms with Crippen LogP contribution in [0.15, 0.2) is 24.8 Å². The van der Waals surface area contributed by atoms with Crippen molar-refractivity contribution in [3.63, 3.8) is 0 Å². The maximum atomic E-state index is 11.0. The summed E-state index contributed by atoms with van der Waals surface area (Å²) < 4.78 is 30.9. The van der Waals surface area contributed by atoms with Crippen molar-refractivity contribution in [2.24, 2.45) is 0 Å². The van der Waals surface area contributed by atoms with Gasteiger partial charge in [-0.05, 0) is 45.6 Å². The summed E-state index contributed by atoms with van der Waals surface area (Å²) in [5.74, 6) is -0.211. The van der Waals surface area contributed by atoms with Crippen molar-refractivity contribution in [3.8, 4) is 0 Å². The molecule has 0 spiro atoms. The summed E-state index contributed by atoms with van der Waals surface area (Å²) in [7, 11) is -3.90. The van der Waals surface area contributed by atoms with Gasteiger partial charge in [0.05, 0.1) is 5.75 Å². The Hall–Kier alpha value is 0.350. The number of unbranched alkanes of at least 4 members (excludes halogenated alkanes) is 12. The van der Waals surface area contributed by atoms with Crippen molar-refractivity contribution in [2.45, 2.75) is 110 Å². The van der Waals surface area contributed by atoms with Crippen molar-refractivity contribution in [1.29, 1.82) is 0 Å². The Morgan fingerprint density at radius 3 is 1.77 bits per heavy atom. The number of rotatable bonds is 21. The van der Waals surface area contributed by atoms with E-state index in [0.717, 1.165) is 13.0 Å². The third kappa shape index (κ3) is 23.0. The van der Waals surface area contributed by atoms with Gasteiger partial charge in [0.1, 0.15) is 0 Å². The SMILES string of the molecule is C=CC(C)N(CCCCCCCC/C=C\CCCCCCCC)CCS(=O)(=O)O.[NaH]. The summed E-state index contributed by atoms with van der Waals surface area (Å²) in [6.45, 7) is 9.27. The van der Waals surface area contributed by atoms with Crippen LogP contribution in [0.25, 0.3) is 0 Å². The molecular weight excluding hydrogens is 405 g/mol. The van der Waals surface area contributed by atoms with E-state index in [-0.39, 0.29) is 41.4 Å². The van der Waals surface area contributed by atoms with Crippen LogP contribution in [0.3, 0.4) is 0 Å². The Bertz CT molecular complexity index is 509. The van der Waals surface area contributed by atoms with E-state index in [4.69, 9.17) is 4.55 Å². The fourth-order valence-electron chi connectivity index (χ4n) is 3.46. The fourth-order valence-corrected chi connectivity index (χ4v) is 3.93. The van der Waals surface area contributed by atoms with Gasteiger partial charge in [0, 0.05) is 12.6 Å². The zero-order chi connectivity index (χ0) is 21.8. The topological polar surface area (TPSA) is 57.6 Å². The van der Waals surface area contributed by atoms with E-state index < -0.39 is 10.1 Å². The molecule has 4 nitrogen and oxygen atoms in total. The normalized spacial score (nSPS) is 12.9. The molecule has 0 saturated heterocycles. The first-order valence-corrected chi connectivity index (χ1v) is 13.5. The summed E-state index contributed by atoms with van der Waals surface area (Å²) >= 11 is 0. The second-order valence-corrected chi connectivity index (χ2v) is 9.81. The third-order valence-electron chi connectivity index (χ3n) is 5.51. The molecule has 30 heavy (non-hydrogen) atoms. The van der Waals surface area contributed by atoms with Gasteiger partial charge in [-0.25, -0.2) is 0 Å². The average Bonchev–Trinajstić information content (AvgIpc) is 2.68. The molecule has 1 N–H and O–H groups in total. The minimum atomic E-state index is -3.90. The van der Waals surface area contributed by atoms with E-state index in [9.17, 15) is 8.42 Å². The molecule has 0 heterocycles. The van der Waals surface area contributed by atoms with Crippen molar-refractivity contribution in [1.82, 2.24) is 4.90 Å². The molecule has 0 aromatic heterocycles. The molecule has 0 rings (SSSR count). The predicted molar refractivity (Wildman–Crippen MR) is 134 cm³/mol. The van der Waals surface area contributed by atoms with Gasteiger partial charge >= 0.3 is 29.6 Å². The van der Waals surface area contributed by atoms with Gasteiger partial charge in [-0.3, -0.25) is 9.45 Å². The molecule has 1 unspecified atom stereocenters. The maximum absolute atomic E-state index is 11.0. The molecule has 0 aromatic rings. The van der Waals surface area contributed by atoms with Crippen LogP contribution in [0.5, 0.6) is 0 Å². The van der Waals surface area contributed by atoms with Crippen molar-refractivity contribution in [2.75, 3.05) is 18.8 Å². The molecule has 1 atom stereocenters. The Morgan fingerprint density at radius 2 is 1.30 bits per heavy atom. The second-order valence-electron chi connectivity index (χ2n) is 8.24. The van der Waals surface area contributed by atoms with Gasteiger partial charge in [-0.1, -0.05) is 82.9 Å². The average molecular weight is 454 g/mol. The van der Waals surface area contributed by atoms with Gasteiger partial charge < -0.3 is 0 Å². The molecule has 0 saturated carbocycles. The van der Waals surface area contributed by atoms with Gasteiger partial charge in [-0.2, -0.15) is 8.42 Å². The fraction of sp³-hybridized carbons (Fsp3) is 0.833. The second kappa shape index (κ2) is 22.5. The van der Waals surface area contributed by atoms with E-state index in [1.807, 2.05) is 13.0 Å². The first-order chi connectivity index (χ1) is 13.9. The first kappa shape index (κ1) is 32.5. The van der Waals surface area contributed by atoms with Crippen LogP contribution in [-0.2, 0) is 10.1 Å². The van der Waals surface area contributed by atoms with Crippen LogP contribution in [-0.4, -0.2) is 72.3 Å². The third-order valence-corrected chi connectivity index (χ3v) is 6.21. The molecule has 6 heteroatoms. The number of hydrogen-bond donors (Lipinski definition) is 1. The van der Waals surface area contributed by atoms with Crippen molar-refractivity contribution < 1.29 is 13.0 Å². The zero-order valence-electron chi connectivity index (χ0n) is 19.2. The Balaban J connectivity index is 0. The molecule has 174 valence electrons. The molecule has 0 fully saturated rings. The minimum absolute atomic E-state index is 0. The summed E-state index contributed by atoms with van der Waals surface area (Å²) in [5.41, 5.74) is 0. The van der Waals surface area contributed by atoms with E-state index in [1.165, 1.54) is 83.5 Å². The summed E-state index contributed by atoms with van der Waals surface area (Å²) in [5, 5.41) is 0.